The van der Waals surface area contributed by atoms with Gasteiger partial charge >= 0.3 is 0 Å². The number of nitrogens with two attached hydrogens (primary N) is 1. The number of nitrogens with zero attached hydrogens (tertiary/aromatic N) is 1. The molecule has 4 rings (SSSR count). The molecule has 0 saturated heterocycles. The maximum absolute atomic E-state index is 12.8. The highest BCUT2D eigenvalue weighted by Crippen LogP contribution is 2.31. The first-order valence-electron chi connectivity index (χ1n) is 8.29. The third-order valence-corrected chi connectivity index (χ3v) is 4.31. The van der Waals surface area contributed by atoms with E-state index in [2.05, 4.69) is 5.32 Å². The van der Waals surface area contributed by atoms with Crippen LogP contribution in [0.3, 0.4) is 0 Å². The van der Waals surface area contributed by atoms with E-state index >= 15 is 0 Å². The molecule has 0 aromatic heterocycles. The average Bonchev–Trinajstić information content (AvgIpc) is 2.92. The number of imide groups is 1. The smallest absolute Gasteiger partial charge is 0.266 e. The molecule has 3 aromatic rings. The largest absolute Gasteiger partial charge is 0.399 e. The number of amides is 3. The first-order chi connectivity index (χ1) is 13.0. The standard InChI is InChI=1S/C21H15N3O3/c22-14-7-4-8-16(11-14)24-20(26)17-10-9-15(12-18(17)21(24)27)23-19(25)13-5-2-1-3-6-13/h1-12H,22H2,(H,23,25). The number of carbonyl (C=O) groups is 3. The second-order valence-corrected chi connectivity index (χ2v) is 6.12. The van der Waals surface area contributed by atoms with E-state index in [1.807, 2.05) is 6.07 Å². The van der Waals surface area contributed by atoms with Crippen molar-refractivity contribution in [2.75, 3.05) is 16.0 Å². The van der Waals surface area contributed by atoms with E-state index in [0.717, 1.165) is 4.90 Å². The molecule has 0 fully saturated rings. The van der Waals surface area contributed by atoms with Gasteiger partial charge in [0, 0.05) is 16.9 Å². The number of rotatable bonds is 3. The van der Waals surface area contributed by atoms with Crippen LogP contribution in [0.2, 0.25) is 0 Å². The summed E-state index contributed by atoms with van der Waals surface area (Å²) in [6, 6.07) is 20.0. The Labute approximate surface area is 155 Å². The van der Waals surface area contributed by atoms with Crippen LogP contribution in [-0.4, -0.2) is 17.7 Å². The van der Waals surface area contributed by atoms with E-state index in [9.17, 15) is 14.4 Å². The number of carbonyl (C=O) groups excluding carboxylic acids is 3. The van der Waals surface area contributed by atoms with Gasteiger partial charge in [0.1, 0.15) is 0 Å². The fourth-order valence-electron chi connectivity index (χ4n) is 3.01. The minimum absolute atomic E-state index is 0.244. The van der Waals surface area contributed by atoms with Gasteiger partial charge in [-0.3, -0.25) is 14.4 Å². The Morgan fingerprint density at radius 3 is 2.30 bits per heavy atom. The number of hydrogen-bond acceptors (Lipinski definition) is 4. The molecule has 0 aliphatic carbocycles. The zero-order valence-electron chi connectivity index (χ0n) is 14.2. The monoisotopic (exact) mass is 357 g/mol. The summed E-state index contributed by atoms with van der Waals surface area (Å²) >= 11 is 0. The number of hydrogen-bond donors (Lipinski definition) is 2. The highest BCUT2D eigenvalue weighted by atomic mass is 16.2. The number of anilines is 3. The second-order valence-electron chi connectivity index (χ2n) is 6.12. The molecule has 0 saturated carbocycles. The fourth-order valence-corrected chi connectivity index (χ4v) is 3.01. The maximum atomic E-state index is 12.8. The quantitative estimate of drug-likeness (QED) is 0.555. The lowest BCUT2D eigenvalue weighted by Crippen LogP contribution is -2.29. The maximum Gasteiger partial charge on any atom is 0.266 e. The molecule has 0 bridgehead atoms. The Bertz CT molecular complexity index is 1080. The third kappa shape index (κ3) is 2.93. The summed E-state index contributed by atoms with van der Waals surface area (Å²) in [7, 11) is 0. The van der Waals surface area contributed by atoms with Crippen LogP contribution in [0.4, 0.5) is 17.1 Å². The van der Waals surface area contributed by atoms with Gasteiger partial charge in [-0.1, -0.05) is 24.3 Å². The first-order valence-corrected chi connectivity index (χ1v) is 8.29. The van der Waals surface area contributed by atoms with Gasteiger partial charge in [0.25, 0.3) is 17.7 Å². The molecular weight excluding hydrogens is 342 g/mol. The minimum Gasteiger partial charge on any atom is -0.399 e. The van der Waals surface area contributed by atoms with Crippen molar-refractivity contribution in [3.63, 3.8) is 0 Å². The molecule has 1 aliphatic heterocycles. The lowest BCUT2D eigenvalue weighted by Gasteiger charge is -2.14. The predicted molar refractivity (Wildman–Crippen MR) is 103 cm³/mol. The molecular formula is C21H15N3O3. The molecule has 0 unspecified atom stereocenters. The molecule has 3 N–H and O–H groups in total. The Morgan fingerprint density at radius 1 is 0.815 bits per heavy atom. The molecule has 3 amide bonds. The van der Waals surface area contributed by atoms with E-state index in [-0.39, 0.29) is 11.5 Å². The van der Waals surface area contributed by atoms with Crippen molar-refractivity contribution in [3.8, 4) is 0 Å². The molecule has 0 spiro atoms. The summed E-state index contributed by atoms with van der Waals surface area (Å²) in [5.41, 5.74) is 8.11. The topological polar surface area (TPSA) is 92.5 Å². The predicted octanol–water partition coefficient (Wildman–Crippen LogP) is 3.32. The first kappa shape index (κ1) is 16.5. The normalized spacial score (nSPS) is 12.8. The van der Waals surface area contributed by atoms with Crippen molar-refractivity contribution >= 4 is 34.8 Å². The zero-order valence-corrected chi connectivity index (χ0v) is 14.2. The van der Waals surface area contributed by atoms with Gasteiger partial charge < -0.3 is 11.1 Å². The van der Waals surface area contributed by atoms with Gasteiger partial charge in [-0.2, -0.15) is 0 Å². The number of nitrogen functional groups attached to an aromatic ring is 1. The van der Waals surface area contributed by atoms with Crippen LogP contribution >= 0.6 is 0 Å². The zero-order chi connectivity index (χ0) is 19.0. The van der Waals surface area contributed by atoms with Gasteiger partial charge in [-0.15, -0.1) is 0 Å². The molecule has 3 aromatic carbocycles. The van der Waals surface area contributed by atoms with E-state index in [4.69, 9.17) is 5.73 Å². The summed E-state index contributed by atoms with van der Waals surface area (Å²) in [5, 5.41) is 2.75. The van der Waals surface area contributed by atoms with Crippen molar-refractivity contribution in [1.29, 1.82) is 0 Å². The number of nitrogens with one attached hydrogen (secondary N) is 1. The van der Waals surface area contributed by atoms with Crippen molar-refractivity contribution in [1.82, 2.24) is 0 Å². The van der Waals surface area contributed by atoms with Crippen LogP contribution in [0.15, 0.2) is 72.8 Å². The Hall–Kier alpha value is -3.93. The van der Waals surface area contributed by atoms with Gasteiger partial charge in [0.15, 0.2) is 0 Å². The molecule has 6 nitrogen and oxygen atoms in total. The molecule has 0 atom stereocenters. The van der Waals surface area contributed by atoms with Crippen molar-refractivity contribution < 1.29 is 14.4 Å². The van der Waals surface area contributed by atoms with Gasteiger partial charge in [0.05, 0.1) is 16.8 Å². The molecule has 6 heteroatoms. The summed E-state index contributed by atoms with van der Waals surface area (Å²) in [5.74, 6) is -1.15. The highest BCUT2D eigenvalue weighted by Gasteiger charge is 2.36. The number of benzene rings is 3. The minimum atomic E-state index is -0.448. The van der Waals surface area contributed by atoms with Crippen LogP contribution in [0.25, 0.3) is 0 Å². The summed E-state index contributed by atoms with van der Waals surface area (Å²) in [6.07, 6.45) is 0. The Morgan fingerprint density at radius 2 is 1.56 bits per heavy atom. The second kappa shape index (κ2) is 6.42. The van der Waals surface area contributed by atoms with Gasteiger partial charge in [-0.05, 0) is 48.5 Å². The highest BCUT2D eigenvalue weighted by molar-refractivity contribution is 6.34. The van der Waals surface area contributed by atoms with Crippen LogP contribution in [0.5, 0.6) is 0 Å². The molecule has 0 radical (unpaired) electrons. The van der Waals surface area contributed by atoms with Crippen LogP contribution < -0.4 is 16.0 Å². The van der Waals surface area contributed by atoms with E-state index < -0.39 is 11.8 Å². The van der Waals surface area contributed by atoms with Crippen LogP contribution in [-0.2, 0) is 0 Å². The van der Waals surface area contributed by atoms with Crippen molar-refractivity contribution in [2.24, 2.45) is 0 Å². The van der Waals surface area contributed by atoms with Crippen molar-refractivity contribution in [2.45, 2.75) is 0 Å². The van der Waals surface area contributed by atoms with Crippen molar-refractivity contribution in [3.05, 3.63) is 89.5 Å². The Balaban J connectivity index is 1.64. The fraction of sp³-hybridized carbons (Fsp3) is 0. The third-order valence-electron chi connectivity index (χ3n) is 4.31. The Kier molecular flexibility index (Phi) is 3.93. The lowest BCUT2D eigenvalue weighted by atomic mass is 10.1. The van der Waals surface area contributed by atoms with E-state index in [0.29, 0.717) is 28.2 Å². The number of fused-ring (bicyclic) bond motifs is 1. The molecule has 27 heavy (non-hydrogen) atoms. The van der Waals surface area contributed by atoms with Crippen LogP contribution in [0.1, 0.15) is 31.1 Å². The SMILES string of the molecule is Nc1cccc(N2C(=O)c3ccc(NC(=O)c4ccccc4)cc3C2=O)c1. The van der Waals surface area contributed by atoms with Gasteiger partial charge in [0.2, 0.25) is 0 Å². The summed E-state index contributed by atoms with van der Waals surface area (Å²) in [6.45, 7) is 0. The molecule has 1 heterocycles. The van der Waals surface area contributed by atoms with Crippen LogP contribution in [0, 0.1) is 0 Å². The van der Waals surface area contributed by atoms with E-state index in [1.54, 1.807) is 60.7 Å². The molecule has 132 valence electrons. The molecule has 1 aliphatic rings. The van der Waals surface area contributed by atoms with E-state index in [1.165, 1.54) is 6.07 Å². The lowest BCUT2D eigenvalue weighted by molar-refractivity contribution is 0.0924. The summed E-state index contributed by atoms with van der Waals surface area (Å²) < 4.78 is 0. The van der Waals surface area contributed by atoms with Gasteiger partial charge in [-0.25, -0.2) is 4.90 Å². The average molecular weight is 357 g/mol. The summed E-state index contributed by atoms with van der Waals surface area (Å²) in [4.78, 5) is 38.8.